The Kier molecular flexibility index (Phi) is 4.27. The molecule has 2 aromatic heterocycles. The van der Waals surface area contributed by atoms with E-state index >= 15 is 0 Å². The number of nitrogens with zero attached hydrogens (tertiary/aromatic N) is 3. The van der Waals surface area contributed by atoms with Gasteiger partial charge in [0.15, 0.2) is 5.82 Å². The van der Waals surface area contributed by atoms with Crippen molar-refractivity contribution < 1.29 is 4.79 Å². The van der Waals surface area contributed by atoms with Gasteiger partial charge in [0.25, 0.3) is 0 Å². The number of anilines is 1. The number of aromatic nitrogens is 4. The van der Waals surface area contributed by atoms with E-state index in [9.17, 15) is 4.79 Å². The average Bonchev–Trinajstić information content (AvgIpc) is 3.03. The summed E-state index contributed by atoms with van der Waals surface area (Å²) in [5.74, 6) is 0.764. The van der Waals surface area contributed by atoms with Crippen molar-refractivity contribution in [3.63, 3.8) is 0 Å². The Labute approximate surface area is 141 Å². The van der Waals surface area contributed by atoms with Gasteiger partial charge in [0.2, 0.25) is 5.91 Å². The molecule has 3 aromatic rings. The van der Waals surface area contributed by atoms with Gasteiger partial charge in [-0.05, 0) is 24.3 Å². The number of benzene rings is 1. The van der Waals surface area contributed by atoms with Gasteiger partial charge in [0.1, 0.15) is 12.1 Å². The molecule has 0 saturated heterocycles. The summed E-state index contributed by atoms with van der Waals surface area (Å²) in [7, 11) is 0. The predicted octanol–water partition coefficient (Wildman–Crippen LogP) is 3.80. The van der Waals surface area contributed by atoms with Crippen molar-refractivity contribution in [3.05, 3.63) is 46.7 Å². The molecule has 0 aliphatic carbocycles. The van der Waals surface area contributed by atoms with Gasteiger partial charge in [-0.25, -0.2) is 9.97 Å². The van der Waals surface area contributed by atoms with E-state index in [0.29, 0.717) is 27.4 Å². The van der Waals surface area contributed by atoms with E-state index in [1.807, 2.05) is 6.07 Å². The largest absolute Gasteiger partial charge is 0.311 e. The minimum absolute atomic E-state index is 0.215. The topological polar surface area (TPSA) is 83.6 Å². The molecular formula is C15H11Cl2N5O. The molecule has 0 unspecified atom stereocenters. The Balaban J connectivity index is 2.13. The maximum atomic E-state index is 11.3. The van der Waals surface area contributed by atoms with Crippen molar-refractivity contribution in [1.82, 2.24) is 20.2 Å². The Morgan fingerprint density at radius 3 is 2.61 bits per heavy atom. The maximum absolute atomic E-state index is 11.3. The van der Waals surface area contributed by atoms with Crippen molar-refractivity contribution in [3.8, 4) is 22.6 Å². The van der Waals surface area contributed by atoms with Crippen molar-refractivity contribution in [2.45, 2.75) is 6.92 Å². The van der Waals surface area contributed by atoms with Crippen LogP contribution < -0.4 is 5.32 Å². The third-order valence-corrected chi connectivity index (χ3v) is 3.77. The lowest BCUT2D eigenvalue weighted by molar-refractivity contribution is -0.114. The van der Waals surface area contributed by atoms with Crippen LogP contribution in [-0.4, -0.2) is 26.1 Å². The van der Waals surface area contributed by atoms with Gasteiger partial charge in [0.05, 0.1) is 15.7 Å². The molecule has 0 fully saturated rings. The number of amides is 1. The van der Waals surface area contributed by atoms with Crippen LogP contribution in [0.5, 0.6) is 0 Å². The van der Waals surface area contributed by atoms with Crippen molar-refractivity contribution in [1.29, 1.82) is 0 Å². The number of H-pyrrole nitrogens is 1. The summed E-state index contributed by atoms with van der Waals surface area (Å²) in [5.41, 5.74) is 2.14. The third kappa shape index (κ3) is 3.49. The molecule has 2 N–H and O–H groups in total. The zero-order valence-corrected chi connectivity index (χ0v) is 13.5. The highest BCUT2D eigenvalue weighted by Gasteiger charge is 2.11. The number of nitrogens with one attached hydrogen (secondary N) is 2. The molecule has 1 aromatic carbocycles. The monoisotopic (exact) mass is 347 g/mol. The van der Waals surface area contributed by atoms with Gasteiger partial charge in [-0.3, -0.25) is 9.89 Å². The predicted molar refractivity (Wildman–Crippen MR) is 89.4 cm³/mol. The molecule has 0 aliphatic heterocycles. The molecule has 23 heavy (non-hydrogen) atoms. The second kappa shape index (κ2) is 6.36. The summed E-state index contributed by atoms with van der Waals surface area (Å²) in [6, 6.07) is 8.75. The SMILES string of the molecule is CC(=O)Nc1cc(-c2ncn[nH]2)cc(-c2ccc(Cl)c(Cl)c2)n1. The smallest absolute Gasteiger partial charge is 0.222 e. The number of hydrogen-bond donors (Lipinski definition) is 2. The third-order valence-electron chi connectivity index (χ3n) is 3.03. The highest BCUT2D eigenvalue weighted by molar-refractivity contribution is 6.42. The number of halogens is 2. The summed E-state index contributed by atoms with van der Waals surface area (Å²) in [4.78, 5) is 19.9. The van der Waals surface area contributed by atoms with Crippen LogP contribution in [0.25, 0.3) is 22.6 Å². The Morgan fingerprint density at radius 1 is 1.13 bits per heavy atom. The molecule has 116 valence electrons. The van der Waals surface area contributed by atoms with E-state index in [1.165, 1.54) is 13.3 Å². The molecule has 0 aliphatic rings. The van der Waals surface area contributed by atoms with Crippen LogP contribution in [0.3, 0.4) is 0 Å². The minimum atomic E-state index is -0.215. The summed E-state index contributed by atoms with van der Waals surface area (Å²) < 4.78 is 0. The van der Waals surface area contributed by atoms with Crippen LogP contribution in [-0.2, 0) is 4.79 Å². The first kappa shape index (κ1) is 15.5. The molecule has 1 amide bonds. The minimum Gasteiger partial charge on any atom is -0.311 e. The summed E-state index contributed by atoms with van der Waals surface area (Å²) in [6.07, 6.45) is 1.41. The Bertz CT molecular complexity index is 864. The molecule has 0 saturated carbocycles. The molecule has 0 bridgehead atoms. The molecule has 3 rings (SSSR count). The number of aromatic amines is 1. The van der Waals surface area contributed by atoms with Gasteiger partial charge in [0, 0.05) is 18.1 Å². The molecular weight excluding hydrogens is 337 g/mol. The Morgan fingerprint density at radius 2 is 1.96 bits per heavy atom. The highest BCUT2D eigenvalue weighted by Crippen LogP contribution is 2.30. The molecule has 8 heteroatoms. The van der Waals surface area contributed by atoms with Crippen LogP contribution in [0, 0.1) is 0 Å². The lowest BCUT2D eigenvalue weighted by atomic mass is 10.1. The maximum Gasteiger partial charge on any atom is 0.222 e. The highest BCUT2D eigenvalue weighted by atomic mass is 35.5. The number of rotatable bonds is 3. The lowest BCUT2D eigenvalue weighted by Gasteiger charge is -2.09. The summed E-state index contributed by atoms with van der Waals surface area (Å²) >= 11 is 12.0. The quantitative estimate of drug-likeness (QED) is 0.754. The number of pyridine rings is 1. The second-order valence-corrected chi connectivity index (χ2v) is 5.58. The summed E-state index contributed by atoms with van der Waals surface area (Å²) in [6.45, 7) is 1.42. The molecule has 2 heterocycles. The zero-order valence-electron chi connectivity index (χ0n) is 12.0. The van der Waals surface area contributed by atoms with Crippen LogP contribution in [0.2, 0.25) is 10.0 Å². The second-order valence-electron chi connectivity index (χ2n) is 4.77. The van der Waals surface area contributed by atoms with Crippen molar-refractivity contribution >= 4 is 34.9 Å². The number of hydrogen-bond acceptors (Lipinski definition) is 4. The van der Waals surface area contributed by atoms with Gasteiger partial charge in [-0.2, -0.15) is 5.10 Å². The standard InChI is InChI=1S/C15H11Cl2N5O/c1-8(23)20-14-6-10(15-18-7-19-22-15)5-13(21-14)9-2-3-11(16)12(17)4-9/h2-7H,1H3,(H,18,19,22)(H,20,21,23). The van der Waals surface area contributed by atoms with E-state index < -0.39 is 0 Å². The molecule has 0 atom stereocenters. The fraction of sp³-hybridized carbons (Fsp3) is 0.0667. The molecule has 6 nitrogen and oxygen atoms in total. The van der Waals surface area contributed by atoms with Gasteiger partial charge in [-0.1, -0.05) is 29.3 Å². The first-order valence-electron chi connectivity index (χ1n) is 6.64. The van der Waals surface area contributed by atoms with Crippen LogP contribution in [0.15, 0.2) is 36.7 Å². The first-order chi connectivity index (χ1) is 11.0. The van der Waals surface area contributed by atoms with Crippen LogP contribution in [0.1, 0.15) is 6.92 Å². The van der Waals surface area contributed by atoms with E-state index in [0.717, 1.165) is 11.1 Å². The van der Waals surface area contributed by atoms with Crippen molar-refractivity contribution in [2.75, 3.05) is 5.32 Å². The van der Waals surface area contributed by atoms with Gasteiger partial charge >= 0.3 is 0 Å². The summed E-state index contributed by atoms with van der Waals surface area (Å²) in [5, 5.41) is 10.2. The molecule has 0 spiro atoms. The van der Waals surface area contributed by atoms with E-state index in [1.54, 1.807) is 24.3 Å². The van der Waals surface area contributed by atoms with Crippen molar-refractivity contribution in [2.24, 2.45) is 0 Å². The first-order valence-corrected chi connectivity index (χ1v) is 7.39. The Hall–Kier alpha value is -2.44. The average molecular weight is 348 g/mol. The lowest BCUT2D eigenvalue weighted by Crippen LogP contribution is -2.08. The van der Waals surface area contributed by atoms with Crippen LogP contribution >= 0.6 is 23.2 Å². The van der Waals surface area contributed by atoms with Gasteiger partial charge < -0.3 is 5.32 Å². The fourth-order valence-corrected chi connectivity index (χ4v) is 2.36. The normalized spacial score (nSPS) is 10.6. The van der Waals surface area contributed by atoms with E-state index in [4.69, 9.17) is 23.2 Å². The van der Waals surface area contributed by atoms with E-state index in [2.05, 4.69) is 25.5 Å². The zero-order chi connectivity index (χ0) is 16.4. The fourth-order valence-electron chi connectivity index (χ4n) is 2.06. The number of carbonyl (C=O) groups excluding carboxylic acids is 1. The molecule has 0 radical (unpaired) electrons. The van der Waals surface area contributed by atoms with Gasteiger partial charge in [-0.15, -0.1) is 0 Å². The van der Waals surface area contributed by atoms with E-state index in [-0.39, 0.29) is 5.91 Å². The van der Waals surface area contributed by atoms with Crippen LogP contribution in [0.4, 0.5) is 5.82 Å². The number of carbonyl (C=O) groups is 1.